The van der Waals surface area contributed by atoms with E-state index in [2.05, 4.69) is 0 Å². The maximum Gasteiger partial charge on any atom is 0.416 e. The number of methoxy groups -OCH3 is 2. The van der Waals surface area contributed by atoms with Gasteiger partial charge < -0.3 is 33.5 Å². The minimum atomic E-state index is -1.33. The summed E-state index contributed by atoms with van der Waals surface area (Å²) in [6.07, 6.45) is -3.71. The third-order valence-corrected chi connectivity index (χ3v) is 7.61. The number of fused-ring (bicyclic) bond motifs is 1. The van der Waals surface area contributed by atoms with Crippen LogP contribution < -0.4 is 9.47 Å². The summed E-state index contributed by atoms with van der Waals surface area (Å²) in [6.45, 7) is 5.61. The third-order valence-electron chi connectivity index (χ3n) is 6.40. The average Bonchev–Trinajstić information content (AvgIpc) is 3.38. The monoisotopic (exact) mass is 588 g/mol. The van der Waals surface area contributed by atoms with Crippen molar-refractivity contribution in [2.75, 3.05) is 21.3 Å². The van der Waals surface area contributed by atoms with Gasteiger partial charge in [0.25, 0.3) is 0 Å². The number of carboxylic acid groups (broad SMARTS) is 1. The van der Waals surface area contributed by atoms with Crippen molar-refractivity contribution in [1.82, 2.24) is 4.90 Å². The Kier molecular flexibility index (Phi) is 9.80. The summed E-state index contributed by atoms with van der Waals surface area (Å²) in [5.74, 6) is 0.217. The van der Waals surface area contributed by atoms with Gasteiger partial charge in [0.1, 0.15) is 40.8 Å². The number of rotatable bonds is 9. The number of carbonyl (C=O) groups is 2. The lowest BCUT2D eigenvalue weighted by atomic mass is 9.97. The molecule has 0 spiro atoms. The molecule has 2 aromatic carbocycles. The van der Waals surface area contributed by atoms with Crippen LogP contribution in [-0.4, -0.2) is 83.9 Å². The fourth-order valence-corrected chi connectivity index (χ4v) is 5.45. The Bertz CT molecular complexity index is 1230. The minimum absolute atomic E-state index is 0.114. The van der Waals surface area contributed by atoms with E-state index in [1.165, 1.54) is 4.90 Å². The van der Waals surface area contributed by atoms with E-state index in [1.807, 2.05) is 36.4 Å². The van der Waals surface area contributed by atoms with Crippen molar-refractivity contribution in [2.45, 2.75) is 69.4 Å². The molecule has 0 aromatic heterocycles. The number of amides is 1. The van der Waals surface area contributed by atoms with E-state index in [9.17, 15) is 14.7 Å². The minimum Gasteiger partial charge on any atom is -0.497 e. The summed E-state index contributed by atoms with van der Waals surface area (Å²) in [5, 5.41) is 10.5. The number of thioether (sulfide) groups is 1. The van der Waals surface area contributed by atoms with Crippen LogP contribution in [-0.2, 0) is 37.0 Å². The van der Waals surface area contributed by atoms with Gasteiger partial charge in [0.15, 0.2) is 11.3 Å². The topological polar surface area (TPSA) is 125 Å². The van der Waals surface area contributed by atoms with Crippen molar-refractivity contribution < 1.29 is 43.1 Å². The quantitative estimate of drug-likeness (QED) is 0.453. The van der Waals surface area contributed by atoms with Crippen LogP contribution in [0.2, 0.25) is 0 Å². The molecule has 12 heteroatoms. The number of aliphatic carboxylic acids is 1. The number of carboxylic acids is 1. The molecule has 0 radical (unpaired) electrons. The van der Waals surface area contributed by atoms with Crippen LogP contribution in [0.1, 0.15) is 31.9 Å². The predicted molar refractivity (Wildman–Crippen MR) is 152 cm³/mol. The van der Waals surface area contributed by atoms with E-state index in [0.29, 0.717) is 16.7 Å². The first-order valence-corrected chi connectivity index (χ1v) is 14.0. The number of nitrogens with zero attached hydrogens (tertiary/aromatic N) is 2. The molecule has 0 saturated carbocycles. The van der Waals surface area contributed by atoms with Crippen molar-refractivity contribution in [1.29, 1.82) is 0 Å². The highest BCUT2D eigenvalue weighted by atomic mass is 32.2. The van der Waals surface area contributed by atoms with Crippen molar-refractivity contribution in [3.63, 3.8) is 0 Å². The summed E-state index contributed by atoms with van der Waals surface area (Å²) in [7, 11) is 4.72. The number of hydrogen-bond acceptors (Lipinski definition) is 10. The molecule has 1 amide bonds. The summed E-state index contributed by atoms with van der Waals surface area (Å²) < 4.78 is 34.5. The number of ether oxygens (including phenoxy) is 6. The fourth-order valence-electron chi connectivity index (χ4n) is 4.29. The molecule has 1 fully saturated rings. The van der Waals surface area contributed by atoms with Gasteiger partial charge in [0.05, 0.1) is 27.4 Å². The van der Waals surface area contributed by atoms with Crippen molar-refractivity contribution in [2.24, 2.45) is 4.99 Å². The fraction of sp³-hybridized carbons (Fsp3) is 0.483. The SMILES string of the molecule is COc1ccc(COC2C(C(=O)O)OC3SC(N(C)C(=O)OC(C)(C)C)=NC3C2OCc2ccc(OC)cc2)cc1. The molecule has 2 aliphatic rings. The molecule has 2 aromatic rings. The zero-order valence-corrected chi connectivity index (χ0v) is 24.8. The molecule has 1 N–H and O–H groups in total. The maximum absolute atomic E-state index is 12.7. The highest BCUT2D eigenvalue weighted by Crippen LogP contribution is 2.40. The molecule has 2 aliphatic heterocycles. The smallest absolute Gasteiger partial charge is 0.416 e. The lowest BCUT2D eigenvalue weighted by Crippen LogP contribution is -2.59. The van der Waals surface area contributed by atoms with Crippen molar-refractivity contribution >= 4 is 29.0 Å². The van der Waals surface area contributed by atoms with E-state index in [1.54, 1.807) is 54.2 Å². The molecule has 4 rings (SSSR count). The van der Waals surface area contributed by atoms with Gasteiger partial charge in [0.2, 0.25) is 0 Å². The van der Waals surface area contributed by atoms with Gasteiger partial charge in [-0.3, -0.25) is 9.89 Å². The zero-order chi connectivity index (χ0) is 29.7. The largest absolute Gasteiger partial charge is 0.497 e. The van der Waals surface area contributed by atoms with Crippen molar-refractivity contribution in [3.8, 4) is 11.5 Å². The zero-order valence-electron chi connectivity index (χ0n) is 23.9. The van der Waals surface area contributed by atoms with E-state index >= 15 is 0 Å². The molecule has 2 heterocycles. The standard InChI is InChI=1S/C29H36N2O9S/c1-29(2,3)40-28(34)31(4)27-30-21-22(37-15-17-7-11-19(35-5)12-8-17)23(24(25(32)33)39-26(21)41-27)38-16-18-9-13-20(36-6)14-10-18/h7-14,21-24,26H,15-16H2,1-6H3,(H,32,33). The normalized spacial score (nSPS) is 23.8. The number of benzene rings is 2. The summed E-state index contributed by atoms with van der Waals surface area (Å²) in [4.78, 5) is 31.2. The molecule has 1 saturated heterocycles. The second-order valence-electron chi connectivity index (χ2n) is 10.6. The van der Waals surface area contributed by atoms with Crippen LogP contribution in [0.5, 0.6) is 11.5 Å². The molecule has 5 atom stereocenters. The van der Waals surface area contributed by atoms with Crippen LogP contribution in [0.15, 0.2) is 53.5 Å². The highest BCUT2D eigenvalue weighted by Gasteiger charge is 2.54. The molecule has 11 nitrogen and oxygen atoms in total. The summed E-state index contributed by atoms with van der Waals surface area (Å²) in [6, 6.07) is 14.0. The molecular formula is C29H36N2O9S. The Balaban J connectivity index is 1.60. The lowest BCUT2D eigenvalue weighted by molar-refractivity contribution is -0.209. The number of amidine groups is 1. The average molecular weight is 589 g/mol. The van der Waals surface area contributed by atoms with E-state index < -0.39 is 47.5 Å². The first kappa shape index (κ1) is 30.6. The number of aliphatic imine (C=N–C) groups is 1. The molecule has 5 unspecified atom stereocenters. The molecular weight excluding hydrogens is 552 g/mol. The van der Waals surface area contributed by atoms with E-state index in [4.69, 9.17) is 33.4 Å². The third kappa shape index (κ3) is 7.70. The molecule has 41 heavy (non-hydrogen) atoms. The van der Waals surface area contributed by atoms with Crippen molar-refractivity contribution in [3.05, 3.63) is 59.7 Å². The predicted octanol–water partition coefficient (Wildman–Crippen LogP) is 4.32. The van der Waals surface area contributed by atoms with Gasteiger partial charge in [-0.05, 0) is 56.2 Å². The number of hydrogen-bond donors (Lipinski definition) is 1. The van der Waals surface area contributed by atoms with Gasteiger partial charge in [-0.2, -0.15) is 0 Å². The van der Waals surface area contributed by atoms with Gasteiger partial charge >= 0.3 is 12.1 Å². The molecule has 0 aliphatic carbocycles. The first-order chi connectivity index (χ1) is 19.5. The van der Waals surface area contributed by atoms with Crippen LogP contribution in [0.3, 0.4) is 0 Å². The van der Waals surface area contributed by atoms with Crippen LogP contribution >= 0.6 is 11.8 Å². The van der Waals surface area contributed by atoms with Crippen LogP contribution in [0.4, 0.5) is 4.79 Å². The molecule has 222 valence electrons. The van der Waals surface area contributed by atoms with Crippen LogP contribution in [0, 0.1) is 0 Å². The van der Waals surface area contributed by atoms with Gasteiger partial charge in [-0.1, -0.05) is 36.0 Å². The Morgan fingerprint density at radius 2 is 1.44 bits per heavy atom. The van der Waals surface area contributed by atoms with E-state index in [0.717, 1.165) is 22.9 Å². The number of carbonyl (C=O) groups excluding carboxylic acids is 1. The highest BCUT2D eigenvalue weighted by molar-refractivity contribution is 8.14. The van der Waals surface area contributed by atoms with Crippen LogP contribution in [0.25, 0.3) is 0 Å². The van der Waals surface area contributed by atoms with E-state index in [-0.39, 0.29) is 13.2 Å². The molecule has 0 bridgehead atoms. The Hall–Kier alpha value is -3.32. The Morgan fingerprint density at radius 3 is 1.90 bits per heavy atom. The lowest BCUT2D eigenvalue weighted by Gasteiger charge is -2.41. The summed E-state index contributed by atoms with van der Waals surface area (Å²) in [5.41, 5.74) is 0.269. The second kappa shape index (κ2) is 13.1. The Labute approximate surface area is 243 Å². The summed E-state index contributed by atoms with van der Waals surface area (Å²) >= 11 is 1.15. The Morgan fingerprint density at radius 1 is 0.927 bits per heavy atom. The van der Waals surface area contributed by atoms with Gasteiger partial charge in [-0.15, -0.1) is 0 Å². The maximum atomic E-state index is 12.7. The van der Waals surface area contributed by atoms with Gasteiger partial charge in [-0.25, -0.2) is 9.59 Å². The van der Waals surface area contributed by atoms with Gasteiger partial charge in [0, 0.05) is 7.05 Å². The second-order valence-corrected chi connectivity index (χ2v) is 11.6. The first-order valence-electron chi connectivity index (χ1n) is 13.1.